The van der Waals surface area contributed by atoms with Gasteiger partial charge in [-0.15, -0.1) is 0 Å². The Hall–Kier alpha value is -2.18. The smallest absolute Gasteiger partial charge is 0.260 e. The highest BCUT2D eigenvalue weighted by Crippen LogP contribution is 2.65. The van der Waals surface area contributed by atoms with Gasteiger partial charge >= 0.3 is 0 Å². The molecular weight excluding hydrogens is 534 g/mol. The molecule has 1 aromatic carbocycles. The zero-order chi connectivity index (χ0) is 30.4. The lowest BCUT2D eigenvalue weighted by molar-refractivity contribution is -0.125. The summed E-state index contributed by atoms with van der Waals surface area (Å²) in [5, 5.41) is 18.3. The van der Waals surface area contributed by atoms with Gasteiger partial charge in [0.1, 0.15) is 0 Å². The SMILES string of the molecule is C[C@@H]1C[C@@](CCNC(=O)CON=C2C=C3CC[C@H]4[C@@H]5CC[C@H](O)[C@@]5(C)CC[C@@H]4[C@@]3(C)CC2)(c2ccccc2)[C@H](C)CN1C. The van der Waals surface area contributed by atoms with E-state index in [1.165, 1.54) is 30.4 Å². The molecule has 0 spiro atoms. The first-order chi connectivity index (χ1) is 20.6. The zero-order valence-corrected chi connectivity index (χ0v) is 27.3. The molecule has 236 valence electrons. The van der Waals surface area contributed by atoms with E-state index in [0.717, 1.165) is 63.1 Å². The topological polar surface area (TPSA) is 74.2 Å². The van der Waals surface area contributed by atoms with Gasteiger partial charge in [-0.05, 0) is 124 Å². The first-order valence-corrected chi connectivity index (χ1v) is 17.2. The minimum atomic E-state index is -0.117. The van der Waals surface area contributed by atoms with Gasteiger partial charge in [0.25, 0.3) is 5.91 Å². The van der Waals surface area contributed by atoms with E-state index < -0.39 is 0 Å². The van der Waals surface area contributed by atoms with Gasteiger partial charge in [-0.3, -0.25) is 4.79 Å². The van der Waals surface area contributed by atoms with Crippen LogP contribution in [0.4, 0.5) is 0 Å². The van der Waals surface area contributed by atoms with Crippen LogP contribution in [0.1, 0.15) is 97.5 Å². The molecule has 4 fully saturated rings. The number of oxime groups is 1. The number of carbonyl (C=O) groups is 1. The third kappa shape index (κ3) is 5.49. The number of aliphatic hydroxyl groups is 1. The van der Waals surface area contributed by atoms with E-state index in [1.807, 2.05) is 0 Å². The molecule has 6 rings (SSSR count). The predicted molar refractivity (Wildman–Crippen MR) is 173 cm³/mol. The van der Waals surface area contributed by atoms with Crippen LogP contribution in [0.25, 0.3) is 0 Å². The lowest BCUT2D eigenvalue weighted by Crippen LogP contribution is -2.52. The summed E-state index contributed by atoms with van der Waals surface area (Å²) in [6, 6.07) is 11.4. The van der Waals surface area contributed by atoms with Gasteiger partial charge in [0, 0.05) is 24.5 Å². The van der Waals surface area contributed by atoms with Gasteiger partial charge in [0.15, 0.2) is 6.61 Å². The Morgan fingerprint density at radius 1 is 1.07 bits per heavy atom. The zero-order valence-electron chi connectivity index (χ0n) is 27.3. The highest BCUT2D eigenvalue weighted by Gasteiger charge is 2.58. The molecule has 0 aromatic heterocycles. The number of nitrogens with zero attached hydrogens (tertiary/aromatic N) is 2. The molecular formula is C37H55N3O3. The average Bonchev–Trinajstić information content (AvgIpc) is 3.30. The number of aliphatic hydroxyl groups excluding tert-OH is 1. The fourth-order valence-electron chi connectivity index (χ4n) is 10.6. The monoisotopic (exact) mass is 589 g/mol. The summed E-state index contributed by atoms with van der Waals surface area (Å²) in [5.74, 6) is 2.51. The second-order valence-electron chi connectivity index (χ2n) is 15.5. The number of fused-ring (bicyclic) bond motifs is 5. The minimum Gasteiger partial charge on any atom is -0.393 e. The third-order valence-corrected chi connectivity index (χ3v) is 13.5. The van der Waals surface area contributed by atoms with Crippen molar-refractivity contribution in [3.63, 3.8) is 0 Å². The fourth-order valence-corrected chi connectivity index (χ4v) is 10.6. The third-order valence-electron chi connectivity index (χ3n) is 13.5. The maximum Gasteiger partial charge on any atom is 0.260 e. The lowest BCUT2D eigenvalue weighted by atomic mass is 9.47. The Morgan fingerprint density at radius 2 is 1.86 bits per heavy atom. The van der Waals surface area contributed by atoms with Gasteiger partial charge in [0.2, 0.25) is 0 Å². The summed E-state index contributed by atoms with van der Waals surface area (Å²) in [6.45, 7) is 11.2. The maximum absolute atomic E-state index is 12.8. The van der Waals surface area contributed by atoms with Gasteiger partial charge in [-0.1, -0.05) is 61.8 Å². The highest BCUT2D eigenvalue weighted by atomic mass is 16.6. The molecule has 6 nitrogen and oxygen atoms in total. The number of hydrogen-bond donors (Lipinski definition) is 2. The number of rotatable bonds is 7. The standard InChI is InChI=1S/C37H55N3O3/c1-25-23-40(5)26(2)22-37(25,27-9-7-6-8-10-27)19-20-38-34(42)24-43-39-29-15-17-35(3)28(21-29)11-12-30-31-13-14-33(41)36(31,4)18-16-32(30)35/h6-10,21,25-26,30-33,41H,11-20,22-24H2,1-5H3,(H,38,42)/t25-,26-,30+,31+,32+,33+,35+,36+,37-/m1/s1. The summed E-state index contributed by atoms with van der Waals surface area (Å²) in [7, 11) is 2.22. The van der Waals surface area contributed by atoms with Crippen LogP contribution >= 0.6 is 0 Å². The molecule has 0 bridgehead atoms. The van der Waals surface area contributed by atoms with Crippen molar-refractivity contribution in [3.8, 4) is 0 Å². The van der Waals surface area contributed by atoms with Gasteiger partial charge in [-0.2, -0.15) is 0 Å². The number of carbonyl (C=O) groups excluding carboxylic acids is 1. The Balaban J connectivity index is 1.03. The molecule has 5 aliphatic rings. The van der Waals surface area contributed by atoms with Gasteiger partial charge in [0.05, 0.1) is 11.8 Å². The molecule has 6 heteroatoms. The van der Waals surface area contributed by atoms with Crippen molar-refractivity contribution in [2.45, 2.75) is 109 Å². The summed E-state index contributed by atoms with van der Waals surface area (Å²) in [4.78, 5) is 20.9. The number of piperidine rings is 1. The molecule has 1 saturated heterocycles. The largest absolute Gasteiger partial charge is 0.393 e. The van der Waals surface area contributed by atoms with Crippen molar-refractivity contribution in [2.24, 2.45) is 39.7 Å². The minimum absolute atomic E-state index is 0.0374. The van der Waals surface area contributed by atoms with Crippen LogP contribution in [-0.2, 0) is 15.0 Å². The van der Waals surface area contributed by atoms with E-state index >= 15 is 0 Å². The molecule has 0 radical (unpaired) electrons. The van der Waals surface area contributed by atoms with Crippen molar-refractivity contribution in [1.29, 1.82) is 0 Å². The summed E-state index contributed by atoms with van der Waals surface area (Å²) >= 11 is 0. The van der Waals surface area contributed by atoms with E-state index in [9.17, 15) is 9.90 Å². The van der Waals surface area contributed by atoms with Crippen molar-refractivity contribution >= 4 is 11.6 Å². The molecule has 1 aromatic rings. The molecule has 1 aliphatic heterocycles. The molecule has 0 unspecified atom stereocenters. The number of benzene rings is 1. The highest BCUT2D eigenvalue weighted by molar-refractivity contribution is 5.96. The summed E-state index contributed by atoms with van der Waals surface area (Å²) in [6.07, 6.45) is 13.1. The van der Waals surface area contributed by atoms with Crippen molar-refractivity contribution in [3.05, 3.63) is 47.5 Å². The molecule has 43 heavy (non-hydrogen) atoms. The number of amides is 1. The normalized spacial score (nSPS) is 42.0. The number of likely N-dealkylation sites (tertiary alicyclic amines) is 1. The van der Waals surface area contributed by atoms with E-state index in [4.69, 9.17) is 4.84 Å². The fraction of sp³-hybridized carbons (Fsp3) is 0.730. The van der Waals surface area contributed by atoms with Crippen LogP contribution in [0, 0.1) is 34.5 Å². The Labute approximate surface area is 259 Å². The molecule has 9 atom stereocenters. The number of nitrogens with one attached hydrogen (secondary N) is 1. The second kappa shape index (κ2) is 12.0. The molecule has 4 aliphatic carbocycles. The van der Waals surface area contributed by atoms with Gasteiger partial charge < -0.3 is 20.2 Å². The van der Waals surface area contributed by atoms with Crippen molar-refractivity contribution in [1.82, 2.24) is 10.2 Å². The van der Waals surface area contributed by atoms with Crippen LogP contribution in [0.15, 0.2) is 47.1 Å². The van der Waals surface area contributed by atoms with Crippen molar-refractivity contribution < 1.29 is 14.7 Å². The quantitative estimate of drug-likeness (QED) is 0.357. The van der Waals surface area contributed by atoms with E-state index in [-0.39, 0.29) is 34.9 Å². The summed E-state index contributed by atoms with van der Waals surface area (Å²) in [5.41, 5.74) is 4.30. The lowest BCUT2D eigenvalue weighted by Gasteiger charge is -2.57. The van der Waals surface area contributed by atoms with E-state index in [0.29, 0.717) is 30.3 Å². The first kappa shape index (κ1) is 30.8. The molecule has 1 amide bonds. The Morgan fingerprint density at radius 3 is 2.65 bits per heavy atom. The van der Waals surface area contributed by atoms with Crippen LogP contribution in [0.3, 0.4) is 0 Å². The Bertz CT molecular complexity index is 1230. The first-order valence-electron chi connectivity index (χ1n) is 17.2. The number of hydrogen-bond acceptors (Lipinski definition) is 5. The average molecular weight is 590 g/mol. The van der Waals surface area contributed by atoms with E-state index in [2.05, 4.69) is 86.5 Å². The predicted octanol–water partition coefficient (Wildman–Crippen LogP) is 6.49. The van der Waals surface area contributed by atoms with Crippen LogP contribution in [-0.4, -0.2) is 60.5 Å². The summed E-state index contributed by atoms with van der Waals surface area (Å²) < 4.78 is 0. The Kier molecular flexibility index (Phi) is 8.58. The van der Waals surface area contributed by atoms with Crippen LogP contribution in [0.5, 0.6) is 0 Å². The molecule has 2 N–H and O–H groups in total. The molecule has 1 heterocycles. The molecule has 3 saturated carbocycles. The second-order valence-corrected chi connectivity index (χ2v) is 15.5. The number of allylic oxidation sites excluding steroid dienone is 2. The van der Waals surface area contributed by atoms with Gasteiger partial charge in [-0.25, -0.2) is 0 Å². The maximum atomic E-state index is 12.8. The van der Waals surface area contributed by atoms with Crippen molar-refractivity contribution in [2.75, 3.05) is 26.7 Å². The van der Waals surface area contributed by atoms with Crippen LogP contribution in [0.2, 0.25) is 0 Å². The van der Waals surface area contributed by atoms with E-state index in [1.54, 1.807) is 0 Å². The van der Waals surface area contributed by atoms with Crippen LogP contribution < -0.4 is 5.32 Å².